The predicted octanol–water partition coefficient (Wildman–Crippen LogP) is 6.36. The van der Waals surface area contributed by atoms with Crippen LogP contribution >= 0.6 is 0 Å². The molecule has 1 unspecified atom stereocenters. The lowest BCUT2D eigenvalue weighted by molar-refractivity contribution is 0.293. The van der Waals surface area contributed by atoms with Gasteiger partial charge < -0.3 is 10.6 Å². The molecule has 5 rings (SSSR count). The lowest BCUT2D eigenvalue weighted by Gasteiger charge is -2.30. The summed E-state index contributed by atoms with van der Waals surface area (Å²) < 4.78 is 0. The molecule has 3 aliphatic rings. The quantitative estimate of drug-likeness (QED) is 0.387. The van der Waals surface area contributed by atoms with Crippen molar-refractivity contribution in [2.75, 3.05) is 18.8 Å². The molecule has 1 atom stereocenters. The molecule has 0 radical (unpaired) electrons. The lowest BCUT2D eigenvalue weighted by atomic mass is 9.88. The minimum Gasteiger partial charge on any atom is -0.399 e. The number of hydrogen-bond donors (Lipinski definition) is 3. The van der Waals surface area contributed by atoms with Crippen LogP contribution in [0.15, 0.2) is 96.8 Å². The number of anilines is 1. The molecule has 2 aliphatic carbocycles. The van der Waals surface area contributed by atoms with Gasteiger partial charge >= 0.3 is 0 Å². The summed E-state index contributed by atoms with van der Waals surface area (Å²) in [6.45, 7) is 2.19. The van der Waals surface area contributed by atoms with Crippen LogP contribution in [0.4, 0.5) is 5.69 Å². The molecule has 0 amide bonds. The molecule has 0 bridgehead atoms. The monoisotopic (exact) mass is 436 g/mol. The third-order valence-corrected chi connectivity index (χ3v) is 6.30. The van der Waals surface area contributed by atoms with Crippen LogP contribution in [-0.2, 0) is 0 Å². The van der Waals surface area contributed by atoms with E-state index < -0.39 is 0 Å². The molecule has 1 fully saturated rings. The van der Waals surface area contributed by atoms with Gasteiger partial charge in [-0.15, -0.1) is 0 Å². The molecule has 1 aliphatic heterocycles. The largest absolute Gasteiger partial charge is 0.399 e. The summed E-state index contributed by atoms with van der Waals surface area (Å²) in [5, 5.41) is 15.0. The molecule has 168 valence electrons. The van der Waals surface area contributed by atoms with Crippen molar-refractivity contribution in [1.82, 2.24) is 4.90 Å². The van der Waals surface area contributed by atoms with Crippen molar-refractivity contribution < 1.29 is 0 Å². The van der Waals surface area contributed by atoms with Gasteiger partial charge in [0.15, 0.2) is 0 Å². The predicted molar refractivity (Wildman–Crippen MR) is 140 cm³/mol. The molecule has 2 aromatic rings. The van der Waals surface area contributed by atoms with Crippen LogP contribution in [0.5, 0.6) is 0 Å². The third-order valence-electron chi connectivity index (χ3n) is 6.30. The highest BCUT2D eigenvalue weighted by Gasteiger charge is 2.15. The molecular weight excluding hydrogens is 404 g/mol. The maximum Gasteiger partial charge on any atom is 0.0809 e. The van der Waals surface area contributed by atoms with E-state index in [2.05, 4.69) is 65.6 Å². The van der Waals surface area contributed by atoms with Gasteiger partial charge in [-0.2, -0.15) is 0 Å². The maximum atomic E-state index is 7.56. The highest BCUT2D eigenvalue weighted by molar-refractivity contribution is 6.49. The van der Waals surface area contributed by atoms with Crippen molar-refractivity contribution in [3.63, 3.8) is 0 Å². The van der Waals surface area contributed by atoms with Crippen LogP contribution in [-0.4, -0.2) is 29.4 Å². The number of piperidine rings is 1. The zero-order valence-corrected chi connectivity index (χ0v) is 19.0. The molecule has 0 aromatic heterocycles. The average Bonchev–Trinajstić information content (AvgIpc) is 2.88. The Hall–Kier alpha value is -3.66. The minimum atomic E-state index is 0.311. The molecule has 4 N–H and O–H groups in total. The Morgan fingerprint density at radius 2 is 1.52 bits per heavy atom. The minimum absolute atomic E-state index is 0.311. The molecular formula is C29H32N4. The first-order valence-electron chi connectivity index (χ1n) is 11.7. The lowest BCUT2D eigenvalue weighted by Crippen LogP contribution is -2.30. The number of nitrogens with zero attached hydrogens (tertiary/aromatic N) is 1. The van der Waals surface area contributed by atoms with E-state index in [1.54, 1.807) is 12.2 Å². The van der Waals surface area contributed by atoms with Gasteiger partial charge in [0.05, 0.1) is 11.4 Å². The van der Waals surface area contributed by atoms with Gasteiger partial charge in [-0.05, 0) is 72.7 Å². The average molecular weight is 437 g/mol. The second-order valence-corrected chi connectivity index (χ2v) is 8.67. The molecule has 33 heavy (non-hydrogen) atoms. The summed E-state index contributed by atoms with van der Waals surface area (Å²) in [5.74, 6) is 0.499. The molecule has 1 heterocycles. The topological polar surface area (TPSA) is 77.0 Å². The highest BCUT2D eigenvalue weighted by atomic mass is 15.1. The van der Waals surface area contributed by atoms with Crippen LogP contribution in [0.25, 0.3) is 5.57 Å². The Labute approximate surface area is 196 Å². The summed E-state index contributed by atoms with van der Waals surface area (Å²) in [6, 6.07) is 18.7. The van der Waals surface area contributed by atoms with Gasteiger partial charge in [-0.1, -0.05) is 60.7 Å². The van der Waals surface area contributed by atoms with Gasteiger partial charge in [0.1, 0.15) is 0 Å². The van der Waals surface area contributed by atoms with E-state index in [-0.39, 0.29) is 0 Å². The van der Waals surface area contributed by atoms with Crippen LogP contribution in [0, 0.1) is 10.8 Å². The summed E-state index contributed by atoms with van der Waals surface area (Å²) in [7, 11) is 0. The standard InChI is InChI=1S/C18H17N.C11H15N3/c19-18-12-10-17(11-13-18)16-8-6-15(7-9-16)14-4-2-1-3-5-14;12-10-5-4-9(8-11(10)13)14-6-2-1-3-7-14/h1-6,8-13,15H,7,19H2;4-5,8,12-13H,1-3,6-7H2. The number of likely N-dealkylation sites (tertiary alicyclic amines) is 1. The van der Waals surface area contributed by atoms with Gasteiger partial charge in [0.25, 0.3) is 0 Å². The number of nitrogens with one attached hydrogen (secondary N) is 2. The van der Waals surface area contributed by atoms with Crippen LogP contribution in [0.2, 0.25) is 0 Å². The first kappa shape index (κ1) is 22.5. The summed E-state index contributed by atoms with van der Waals surface area (Å²) in [5.41, 5.74) is 12.2. The Morgan fingerprint density at radius 3 is 2.15 bits per heavy atom. The second kappa shape index (κ2) is 10.8. The van der Waals surface area contributed by atoms with E-state index >= 15 is 0 Å². The SMILES string of the molecule is N=C1C=CC(N2CCCCC2)=CC1=N.Nc1ccc(C2=CCC(c3ccccc3)C=C2)cc1. The van der Waals surface area contributed by atoms with E-state index in [1.807, 2.05) is 18.2 Å². The van der Waals surface area contributed by atoms with E-state index in [9.17, 15) is 0 Å². The number of benzene rings is 2. The molecule has 0 spiro atoms. The fourth-order valence-electron chi connectivity index (χ4n) is 4.34. The van der Waals surface area contributed by atoms with Crippen molar-refractivity contribution in [2.24, 2.45) is 0 Å². The Bertz CT molecular complexity index is 1100. The van der Waals surface area contributed by atoms with E-state index in [4.69, 9.17) is 16.6 Å². The van der Waals surface area contributed by atoms with E-state index in [1.165, 1.54) is 36.0 Å². The van der Waals surface area contributed by atoms with Crippen LogP contribution < -0.4 is 5.73 Å². The van der Waals surface area contributed by atoms with E-state index in [0.717, 1.165) is 30.9 Å². The fourth-order valence-corrected chi connectivity index (χ4v) is 4.34. The van der Waals surface area contributed by atoms with Crippen LogP contribution in [0.1, 0.15) is 42.7 Å². The summed E-state index contributed by atoms with van der Waals surface area (Å²) in [6.07, 6.45) is 17.1. The molecule has 4 heteroatoms. The normalized spacial score (nSPS) is 20.0. The molecule has 1 saturated heterocycles. The Morgan fingerprint density at radius 1 is 0.788 bits per heavy atom. The number of hydrogen-bond acceptors (Lipinski definition) is 4. The van der Waals surface area contributed by atoms with Gasteiger partial charge in [-0.25, -0.2) is 0 Å². The second-order valence-electron chi connectivity index (χ2n) is 8.67. The molecule has 0 saturated carbocycles. The smallest absolute Gasteiger partial charge is 0.0809 e. The Kier molecular flexibility index (Phi) is 7.36. The number of nitrogens with two attached hydrogens (primary N) is 1. The summed E-state index contributed by atoms with van der Waals surface area (Å²) >= 11 is 0. The third kappa shape index (κ3) is 5.98. The van der Waals surface area contributed by atoms with Gasteiger partial charge in [-0.3, -0.25) is 10.8 Å². The van der Waals surface area contributed by atoms with Gasteiger partial charge in [0.2, 0.25) is 0 Å². The number of allylic oxidation sites excluding steroid dienone is 7. The number of nitrogen functional groups attached to an aromatic ring is 1. The van der Waals surface area contributed by atoms with Gasteiger partial charge in [0, 0.05) is 30.4 Å². The molecule has 2 aromatic carbocycles. The van der Waals surface area contributed by atoms with Crippen LogP contribution in [0.3, 0.4) is 0 Å². The van der Waals surface area contributed by atoms with Crippen molar-refractivity contribution in [3.05, 3.63) is 108 Å². The molecule has 4 nitrogen and oxygen atoms in total. The fraction of sp³-hybridized carbons (Fsp3) is 0.241. The maximum absolute atomic E-state index is 7.56. The van der Waals surface area contributed by atoms with E-state index in [0.29, 0.717) is 17.3 Å². The summed E-state index contributed by atoms with van der Waals surface area (Å²) in [4.78, 5) is 2.31. The highest BCUT2D eigenvalue weighted by Crippen LogP contribution is 2.30. The van der Waals surface area contributed by atoms with Crippen molar-refractivity contribution in [1.29, 1.82) is 10.8 Å². The first-order chi connectivity index (χ1) is 16.1. The Balaban J connectivity index is 0.000000165. The first-order valence-corrected chi connectivity index (χ1v) is 11.7. The zero-order valence-electron chi connectivity index (χ0n) is 19.0. The number of rotatable bonds is 3. The van der Waals surface area contributed by atoms with Crippen molar-refractivity contribution >= 4 is 22.7 Å². The van der Waals surface area contributed by atoms with Crippen molar-refractivity contribution in [2.45, 2.75) is 31.6 Å². The van der Waals surface area contributed by atoms with Crippen molar-refractivity contribution in [3.8, 4) is 0 Å². The zero-order chi connectivity index (χ0) is 23.0.